The number of rotatable bonds is 5. The number of fused-ring (bicyclic) bond motifs is 1. The van der Waals surface area contributed by atoms with Crippen LogP contribution in [-0.4, -0.2) is 44.8 Å². The number of hydrogen-bond acceptors (Lipinski definition) is 5. The molecule has 0 radical (unpaired) electrons. The van der Waals surface area contributed by atoms with Gasteiger partial charge in [-0.25, -0.2) is 4.98 Å². The first-order chi connectivity index (χ1) is 9.15. The lowest BCUT2D eigenvalue weighted by Gasteiger charge is -2.10. The van der Waals surface area contributed by atoms with E-state index in [1.54, 1.807) is 10.6 Å². The standard InChI is InChI=1S/C11H12ClN3O3S/c12-10-8(15-3-4-19-11(15)14-10)1-2-9(18)13-7(5-16)6-17/h1-4,7,16-17H,5-6H2,(H,13,18). The largest absolute Gasteiger partial charge is 0.394 e. The van der Waals surface area contributed by atoms with Gasteiger partial charge < -0.3 is 15.5 Å². The fourth-order valence-corrected chi connectivity index (χ4v) is 2.48. The zero-order valence-electron chi connectivity index (χ0n) is 9.78. The van der Waals surface area contributed by atoms with E-state index in [1.165, 1.54) is 23.5 Å². The smallest absolute Gasteiger partial charge is 0.244 e. The summed E-state index contributed by atoms with van der Waals surface area (Å²) in [5.74, 6) is -0.422. The Balaban J connectivity index is 2.11. The third-order valence-corrected chi connectivity index (χ3v) is 3.47. The van der Waals surface area contributed by atoms with Crippen molar-refractivity contribution in [1.82, 2.24) is 14.7 Å². The number of hydrogen-bond donors (Lipinski definition) is 3. The van der Waals surface area contributed by atoms with E-state index in [-0.39, 0.29) is 13.2 Å². The molecule has 0 aliphatic carbocycles. The second-order valence-corrected chi connectivity index (χ2v) is 4.98. The SMILES string of the molecule is O=C(C=Cc1c(Cl)nc2sccn12)NC(CO)CO. The fourth-order valence-electron chi connectivity index (χ4n) is 1.48. The van der Waals surface area contributed by atoms with Gasteiger partial charge in [-0.05, 0) is 6.08 Å². The number of aliphatic hydroxyl groups excluding tert-OH is 2. The van der Waals surface area contributed by atoms with Gasteiger partial charge in [-0.1, -0.05) is 11.6 Å². The highest BCUT2D eigenvalue weighted by Crippen LogP contribution is 2.22. The van der Waals surface area contributed by atoms with Gasteiger partial charge in [0.2, 0.25) is 5.91 Å². The Morgan fingerprint density at radius 3 is 3.00 bits per heavy atom. The van der Waals surface area contributed by atoms with Gasteiger partial charge >= 0.3 is 0 Å². The second-order valence-electron chi connectivity index (χ2n) is 3.75. The van der Waals surface area contributed by atoms with Gasteiger partial charge in [0.25, 0.3) is 0 Å². The lowest BCUT2D eigenvalue weighted by molar-refractivity contribution is -0.117. The molecule has 2 aromatic heterocycles. The molecule has 0 saturated heterocycles. The molecule has 0 aromatic carbocycles. The summed E-state index contributed by atoms with van der Waals surface area (Å²) in [6, 6.07) is -0.667. The molecule has 0 fully saturated rings. The molecule has 0 bridgehead atoms. The highest BCUT2D eigenvalue weighted by molar-refractivity contribution is 7.15. The minimum atomic E-state index is -0.667. The summed E-state index contributed by atoms with van der Waals surface area (Å²) in [5, 5.41) is 22.3. The number of nitrogens with one attached hydrogen (secondary N) is 1. The molecule has 19 heavy (non-hydrogen) atoms. The maximum Gasteiger partial charge on any atom is 0.244 e. The van der Waals surface area contributed by atoms with Crippen LogP contribution < -0.4 is 5.32 Å². The monoisotopic (exact) mass is 301 g/mol. The average Bonchev–Trinajstić information content (AvgIpc) is 2.94. The third-order valence-electron chi connectivity index (χ3n) is 2.43. The Bertz CT molecular complexity index is 603. The summed E-state index contributed by atoms with van der Waals surface area (Å²) in [6.45, 7) is -0.642. The van der Waals surface area contributed by atoms with Crippen molar-refractivity contribution in [3.63, 3.8) is 0 Å². The maximum absolute atomic E-state index is 11.6. The Labute approximate surface area is 118 Å². The molecule has 8 heteroatoms. The van der Waals surface area contributed by atoms with Crippen LogP contribution in [-0.2, 0) is 4.79 Å². The van der Waals surface area contributed by atoms with Crippen LogP contribution in [0.2, 0.25) is 5.15 Å². The van der Waals surface area contributed by atoms with E-state index >= 15 is 0 Å². The van der Waals surface area contributed by atoms with Gasteiger partial charge in [-0.15, -0.1) is 11.3 Å². The molecule has 1 amide bonds. The van der Waals surface area contributed by atoms with Gasteiger partial charge in [0.15, 0.2) is 10.1 Å². The molecular weight excluding hydrogens is 290 g/mol. The molecule has 0 saturated carbocycles. The minimum absolute atomic E-state index is 0.316. The van der Waals surface area contributed by atoms with E-state index in [0.29, 0.717) is 10.8 Å². The molecule has 3 N–H and O–H groups in total. The van der Waals surface area contributed by atoms with Gasteiger partial charge in [-0.2, -0.15) is 0 Å². The molecule has 0 unspecified atom stereocenters. The first-order valence-corrected chi connectivity index (χ1v) is 6.72. The lowest BCUT2D eigenvalue weighted by Crippen LogP contribution is -2.39. The van der Waals surface area contributed by atoms with Crippen molar-refractivity contribution in [3.05, 3.63) is 28.5 Å². The summed E-state index contributed by atoms with van der Waals surface area (Å²) < 4.78 is 1.77. The van der Waals surface area contributed by atoms with Gasteiger partial charge in [0.1, 0.15) is 0 Å². The van der Waals surface area contributed by atoms with Crippen molar-refractivity contribution in [1.29, 1.82) is 0 Å². The molecule has 0 aliphatic heterocycles. The Kier molecular flexibility index (Phi) is 4.54. The van der Waals surface area contributed by atoms with Crippen LogP contribution in [0.25, 0.3) is 11.0 Å². The first kappa shape index (κ1) is 14.0. The number of aliphatic hydroxyl groups is 2. The predicted molar refractivity (Wildman–Crippen MR) is 73.2 cm³/mol. The van der Waals surface area contributed by atoms with E-state index in [1.807, 2.05) is 5.38 Å². The van der Waals surface area contributed by atoms with E-state index in [9.17, 15) is 4.79 Å². The van der Waals surface area contributed by atoms with E-state index < -0.39 is 11.9 Å². The number of thiazole rings is 1. The number of halogens is 1. The molecule has 6 nitrogen and oxygen atoms in total. The molecular formula is C11H12ClN3O3S. The van der Waals surface area contributed by atoms with Gasteiger partial charge in [0, 0.05) is 17.7 Å². The van der Waals surface area contributed by atoms with Crippen molar-refractivity contribution >= 4 is 39.9 Å². The van der Waals surface area contributed by atoms with Crippen molar-refractivity contribution in [2.24, 2.45) is 0 Å². The van der Waals surface area contributed by atoms with Crippen LogP contribution in [0.15, 0.2) is 17.7 Å². The molecule has 2 aromatic rings. The molecule has 2 rings (SSSR count). The molecule has 0 aliphatic rings. The average molecular weight is 302 g/mol. The number of carbonyl (C=O) groups excluding carboxylic acids is 1. The van der Waals surface area contributed by atoms with Gasteiger partial charge in [0.05, 0.1) is 24.9 Å². The van der Waals surface area contributed by atoms with Crippen LogP contribution in [0.1, 0.15) is 5.69 Å². The summed E-state index contributed by atoms with van der Waals surface area (Å²) in [7, 11) is 0. The molecule has 102 valence electrons. The molecule has 0 spiro atoms. The van der Waals surface area contributed by atoms with Crippen molar-refractivity contribution in [3.8, 4) is 0 Å². The Morgan fingerprint density at radius 2 is 2.32 bits per heavy atom. The zero-order valence-corrected chi connectivity index (χ0v) is 11.4. The lowest BCUT2D eigenvalue weighted by atomic mass is 10.3. The molecule has 2 heterocycles. The zero-order chi connectivity index (χ0) is 13.8. The summed E-state index contributed by atoms with van der Waals surface area (Å²) in [4.78, 5) is 16.4. The third kappa shape index (κ3) is 3.13. The maximum atomic E-state index is 11.6. The van der Waals surface area contributed by atoms with Crippen LogP contribution >= 0.6 is 22.9 Å². The number of carbonyl (C=O) groups is 1. The normalized spacial score (nSPS) is 11.8. The van der Waals surface area contributed by atoms with Crippen LogP contribution in [0.3, 0.4) is 0 Å². The molecule has 0 atom stereocenters. The number of nitrogens with zero attached hydrogens (tertiary/aromatic N) is 2. The second kappa shape index (κ2) is 6.16. The quantitative estimate of drug-likeness (QED) is 0.703. The Morgan fingerprint density at radius 1 is 1.58 bits per heavy atom. The number of amides is 1. The summed E-state index contributed by atoms with van der Waals surface area (Å²) >= 11 is 7.41. The summed E-state index contributed by atoms with van der Waals surface area (Å²) in [6.07, 6.45) is 4.63. The topological polar surface area (TPSA) is 86.9 Å². The van der Waals surface area contributed by atoms with E-state index in [0.717, 1.165) is 4.96 Å². The van der Waals surface area contributed by atoms with Crippen molar-refractivity contribution in [2.75, 3.05) is 13.2 Å². The van der Waals surface area contributed by atoms with E-state index in [2.05, 4.69) is 10.3 Å². The fraction of sp³-hybridized carbons (Fsp3) is 0.273. The Hall–Kier alpha value is -1.41. The summed E-state index contributed by atoms with van der Waals surface area (Å²) in [5.41, 5.74) is 0.609. The van der Waals surface area contributed by atoms with Crippen LogP contribution in [0.4, 0.5) is 0 Å². The van der Waals surface area contributed by atoms with Crippen LogP contribution in [0, 0.1) is 0 Å². The van der Waals surface area contributed by atoms with E-state index in [4.69, 9.17) is 21.8 Å². The predicted octanol–water partition coefficient (Wildman–Crippen LogP) is 0.532. The van der Waals surface area contributed by atoms with Crippen LogP contribution in [0.5, 0.6) is 0 Å². The van der Waals surface area contributed by atoms with Gasteiger partial charge in [-0.3, -0.25) is 9.20 Å². The highest BCUT2D eigenvalue weighted by Gasteiger charge is 2.10. The van der Waals surface area contributed by atoms with Crippen molar-refractivity contribution < 1.29 is 15.0 Å². The minimum Gasteiger partial charge on any atom is -0.394 e. The highest BCUT2D eigenvalue weighted by atomic mass is 35.5. The first-order valence-electron chi connectivity index (χ1n) is 5.47. The van der Waals surface area contributed by atoms with Crippen molar-refractivity contribution in [2.45, 2.75) is 6.04 Å². The number of aromatic nitrogens is 2. The number of imidazole rings is 1.